The highest BCUT2D eigenvalue weighted by molar-refractivity contribution is 5.93. The monoisotopic (exact) mass is 399 g/mol. The first-order chi connectivity index (χ1) is 14.0. The van der Waals surface area contributed by atoms with Crippen LogP contribution in [0.3, 0.4) is 0 Å². The maximum Gasteiger partial charge on any atom is 0.319 e. The van der Waals surface area contributed by atoms with Crippen molar-refractivity contribution in [2.24, 2.45) is 11.7 Å². The molecule has 4 N–H and O–H groups in total. The van der Waals surface area contributed by atoms with E-state index >= 15 is 0 Å². The smallest absolute Gasteiger partial charge is 0.319 e. The minimum atomic E-state index is -0.712. The summed E-state index contributed by atoms with van der Waals surface area (Å²) in [5.41, 5.74) is 6.91. The topological polar surface area (TPSA) is 103 Å². The summed E-state index contributed by atoms with van der Waals surface area (Å²) in [6.07, 6.45) is 0.731. The Morgan fingerprint density at radius 2 is 1.83 bits per heavy atom. The van der Waals surface area contributed by atoms with Gasteiger partial charge < -0.3 is 25.8 Å². The van der Waals surface area contributed by atoms with Gasteiger partial charge in [-0.2, -0.15) is 0 Å². The van der Waals surface area contributed by atoms with E-state index in [-0.39, 0.29) is 5.92 Å². The predicted octanol–water partition coefficient (Wildman–Crippen LogP) is 3.30. The number of carbonyl (C=O) groups excluding carboxylic acids is 2. The lowest BCUT2D eigenvalue weighted by Gasteiger charge is -2.21. The summed E-state index contributed by atoms with van der Waals surface area (Å²) in [4.78, 5) is 23.8. The van der Waals surface area contributed by atoms with E-state index in [0.29, 0.717) is 25.5 Å². The number of rotatable bonds is 11. The third-order valence-electron chi connectivity index (χ3n) is 4.50. The Kier molecular flexibility index (Phi) is 8.98. The Bertz CT molecular complexity index is 783. The van der Waals surface area contributed by atoms with Crippen molar-refractivity contribution in [3.63, 3.8) is 0 Å². The minimum absolute atomic E-state index is 0.0453. The van der Waals surface area contributed by atoms with E-state index in [1.165, 1.54) is 0 Å². The molecule has 0 aromatic heterocycles. The summed E-state index contributed by atoms with van der Waals surface area (Å²) in [6.45, 7) is 5.10. The van der Waals surface area contributed by atoms with E-state index < -0.39 is 18.0 Å². The van der Waals surface area contributed by atoms with Gasteiger partial charge in [-0.25, -0.2) is 4.79 Å². The fourth-order valence-electron chi connectivity index (χ4n) is 2.70. The van der Waals surface area contributed by atoms with Gasteiger partial charge in [0.25, 0.3) is 0 Å². The predicted molar refractivity (Wildman–Crippen MR) is 113 cm³/mol. The number of benzene rings is 2. The summed E-state index contributed by atoms with van der Waals surface area (Å²) in [5.74, 6) is 0.213. The summed E-state index contributed by atoms with van der Waals surface area (Å²) in [5, 5.41) is 5.37. The van der Waals surface area contributed by atoms with E-state index in [0.717, 1.165) is 17.7 Å². The molecule has 0 aliphatic carbocycles. The fourth-order valence-corrected chi connectivity index (χ4v) is 2.70. The molecule has 0 saturated heterocycles. The van der Waals surface area contributed by atoms with Crippen molar-refractivity contribution < 1.29 is 19.1 Å². The third-order valence-corrected chi connectivity index (χ3v) is 4.50. The van der Waals surface area contributed by atoms with Crippen LogP contribution in [0.4, 0.5) is 10.5 Å². The standard InChI is InChI=1S/C22H29N3O4/c1-3-16(2)20(21(23)26)25-22(27)24-18-9-7-8-17(14-18)15-28-12-13-29-19-10-5-4-6-11-19/h4-11,14,16,20H,3,12-13,15H2,1-2H3,(H2,23,26)(H2,24,25,27)/t16-,20+/m1/s1. The van der Waals surface area contributed by atoms with Crippen molar-refractivity contribution >= 4 is 17.6 Å². The van der Waals surface area contributed by atoms with Crippen LogP contribution in [0.15, 0.2) is 54.6 Å². The fraction of sp³-hybridized carbons (Fsp3) is 0.364. The molecular formula is C22H29N3O4. The minimum Gasteiger partial charge on any atom is -0.491 e. The molecule has 3 amide bonds. The highest BCUT2D eigenvalue weighted by Crippen LogP contribution is 2.13. The van der Waals surface area contributed by atoms with Gasteiger partial charge in [-0.1, -0.05) is 50.6 Å². The molecule has 2 atom stereocenters. The molecule has 0 aliphatic rings. The number of para-hydroxylation sites is 1. The third kappa shape index (κ3) is 7.83. The van der Waals surface area contributed by atoms with E-state index in [9.17, 15) is 9.59 Å². The van der Waals surface area contributed by atoms with Gasteiger partial charge in [0.2, 0.25) is 5.91 Å². The van der Waals surface area contributed by atoms with E-state index in [1.54, 1.807) is 6.07 Å². The molecule has 2 aromatic carbocycles. The molecule has 0 fully saturated rings. The van der Waals surface area contributed by atoms with E-state index in [4.69, 9.17) is 15.2 Å². The number of primary amides is 1. The molecule has 156 valence electrons. The SMILES string of the molecule is CC[C@@H](C)[C@H](NC(=O)Nc1cccc(COCCOc2ccccc2)c1)C(N)=O. The molecular weight excluding hydrogens is 370 g/mol. The molecule has 7 heteroatoms. The van der Waals surface area contributed by atoms with Gasteiger partial charge in [-0.15, -0.1) is 0 Å². The van der Waals surface area contributed by atoms with Crippen LogP contribution in [0.5, 0.6) is 5.75 Å². The molecule has 0 heterocycles. The van der Waals surface area contributed by atoms with Gasteiger partial charge in [0.15, 0.2) is 0 Å². The normalized spacial score (nSPS) is 12.6. The number of nitrogens with two attached hydrogens (primary N) is 1. The maximum atomic E-state index is 12.2. The second-order valence-electron chi connectivity index (χ2n) is 6.78. The zero-order valence-electron chi connectivity index (χ0n) is 16.9. The van der Waals surface area contributed by atoms with Crippen molar-refractivity contribution in [1.29, 1.82) is 0 Å². The number of anilines is 1. The van der Waals surface area contributed by atoms with Crippen LogP contribution in [-0.4, -0.2) is 31.2 Å². The number of ether oxygens (including phenoxy) is 2. The van der Waals surface area contributed by atoms with Gasteiger partial charge in [0.1, 0.15) is 18.4 Å². The number of amides is 3. The summed E-state index contributed by atoms with van der Waals surface area (Å²) in [7, 11) is 0. The number of nitrogens with one attached hydrogen (secondary N) is 2. The average Bonchev–Trinajstić information content (AvgIpc) is 2.72. The zero-order chi connectivity index (χ0) is 21.1. The van der Waals surface area contributed by atoms with E-state index in [2.05, 4.69) is 10.6 Å². The van der Waals surface area contributed by atoms with Gasteiger partial charge >= 0.3 is 6.03 Å². The molecule has 0 spiro atoms. The lowest BCUT2D eigenvalue weighted by Crippen LogP contribution is -2.49. The Labute approximate surface area is 171 Å². The highest BCUT2D eigenvalue weighted by atomic mass is 16.5. The second kappa shape index (κ2) is 11.7. The van der Waals surface area contributed by atoms with Crippen molar-refractivity contribution in [1.82, 2.24) is 5.32 Å². The van der Waals surface area contributed by atoms with Crippen LogP contribution in [-0.2, 0) is 16.1 Å². The van der Waals surface area contributed by atoms with Crippen molar-refractivity contribution in [3.8, 4) is 5.75 Å². The molecule has 0 bridgehead atoms. The van der Waals surface area contributed by atoms with Crippen molar-refractivity contribution in [2.75, 3.05) is 18.5 Å². The van der Waals surface area contributed by atoms with Gasteiger partial charge in [0.05, 0.1) is 13.2 Å². The Balaban J connectivity index is 1.78. The molecule has 0 unspecified atom stereocenters. The van der Waals surface area contributed by atoms with Crippen LogP contribution in [0.1, 0.15) is 25.8 Å². The van der Waals surface area contributed by atoms with Gasteiger partial charge in [-0.05, 0) is 35.7 Å². The van der Waals surface area contributed by atoms with Crippen LogP contribution < -0.4 is 21.1 Å². The molecule has 29 heavy (non-hydrogen) atoms. The molecule has 0 saturated carbocycles. The zero-order valence-corrected chi connectivity index (χ0v) is 16.9. The number of urea groups is 1. The molecule has 0 radical (unpaired) electrons. The van der Waals surface area contributed by atoms with Crippen LogP contribution in [0.2, 0.25) is 0 Å². The first kappa shape index (κ1) is 22.2. The lowest BCUT2D eigenvalue weighted by molar-refractivity contribution is -0.120. The van der Waals surface area contributed by atoms with Gasteiger partial charge in [-0.3, -0.25) is 4.79 Å². The van der Waals surface area contributed by atoms with Crippen LogP contribution in [0.25, 0.3) is 0 Å². The molecule has 7 nitrogen and oxygen atoms in total. The van der Waals surface area contributed by atoms with Crippen molar-refractivity contribution in [2.45, 2.75) is 32.9 Å². The van der Waals surface area contributed by atoms with Crippen molar-refractivity contribution in [3.05, 3.63) is 60.2 Å². The number of carbonyl (C=O) groups is 2. The first-order valence-electron chi connectivity index (χ1n) is 9.71. The maximum absolute atomic E-state index is 12.2. The Morgan fingerprint density at radius 1 is 1.07 bits per heavy atom. The van der Waals surface area contributed by atoms with Gasteiger partial charge in [0, 0.05) is 5.69 Å². The highest BCUT2D eigenvalue weighted by Gasteiger charge is 2.23. The number of hydrogen-bond acceptors (Lipinski definition) is 4. The lowest BCUT2D eigenvalue weighted by atomic mass is 9.99. The summed E-state index contributed by atoms with van der Waals surface area (Å²) < 4.78 is 11.2. The van der Waals surface area contributed by atoms with Crippen LogP contribution >= 0.6 is 0 Å². The summed E-state index contributed by atoms with van der Waals surface area (Å²) >= 11 is 0. The Hall–Kier alpha value is -3.06. The summed E-state index contributed by atoms with van der Waals surface area (Å²) in [6, 6.07) is 15.7. The quantitative estimate of drug-likeness (QED) is 0.505. The first-order valence-corrected chi connectivity index (χ1v) is 9.71. The van der Waals surface area contributed by atoms with Crippen LogP contribution in [0, 0.1) is 5.92 Å². The molecule has 2 rings (SSSR count). The average molecular weight is 399 g/mol. The second-order valence-corrected chi connectivity index (χ2v) is 6.78. The van der Waals surface area contributed by atoms with E-state index in [1.807, 2.05) is 62.4 Å². The number of hydrogen-bond donors (Lipinski definition) is 3. The Morgan fingerprint density at radius 3 is 2.52 bits per heavy atom. The molecule has 0 aliphatic heterocycles. The molecule has 2 aromatic rings. The largest absolute Gasteiger partial charge is 0.491 e.